The minimum absolute atomic E-state index is 0.00912. The Kier molecular flexibility index (Phi) is 5.77. The number of rotatable bonds is 4. The highest BCUT2D eigenvalue weighted by molar-refractivity contribution is 5.78. The first-order valence-electron chi connectivity index (χ1n) is 6.28. The van der Waals surface area contributed by atoms with E-state index in [1.165, 1.54) is 6.42 Å². The third-order valence-corrected chi connectivity index (χ3v) is 3.00. The number of hydrogen-bond donors (Lipinski definition) is 2. The van der Waals surface area contributed by atoms with Crippen LogP contribution in [0.25, 0.3) is 0 Å². The van der Waals surface area contributed by atoms with E-state index in [0.29, 0.717) is 12.5 Å². The summed E-state index contributed by atoms with van der Waals surface area (Å²) in [5, 5.41) is 0. The highest BCUT2D eigenvalue weighted by Crippen LogP contribution is 2.22. The fourth-order valence-electron chi connectivity index (χ4n) is 2.02. The van der Waals surface area contributed by atoms with Gasteiger partial charge >= 0.3 is 0 Å². The summed E-state index contributed by atoms with van der Waals surface area (Å²) in [6.07, 6.45) is 5.25. The van der Waals surface area contributed by atoms with Crippen molar-refractivity contribution in [1.29, 1.82) is 0 Å². The van der Waals surface area contributed by atoms with Crippen LogP contribution < -0.4 is 11.2 Å². The van der Waals surface area contributed by atoms with Gasteiger partial charge in [0, 0.05) is 6.04 Å². The van der Waals surface area contributed by atoms with Crippen molar-refractivity contribution in [3.05, 3.63) is 0 Å². The summed E-state index contributed by atoms with van der Waals surface area (Å²) in [4.78, 5) is 17.0. The minimum atomic E-state index is -0.0744. The molecule has 2 unspecified atom stereocenters. The summed E-state index contributed by atoms with van der Waals surface area (Å²) in [5.74, 6) is 0.299. The van der Waals surface area contributed by atoms with Crippen molar-refractivity contribution in [2.24, 2.45) is 17.6 Å². The molecule has 0 aromatic rings. The molecule has 0 aromatic heterocycles. The molecule has 0 aromatic carbocycles. The summed E-state index contributed by atoms with van der Waals surface area (Å²) in [6.45, 7) is 4.64. The van der Waals surface area contributed by atoms with E-state index in [1.807, 2.05) is 13.8 Å². The van der Waals surface area contributed by atoms with Crippen molar-refractivity contribution in [2.45, 2.75) is 52.0 Å². The van der Waals surface area contributed by atoms with E-state index >= 15 is 0 Å². The van der Waals surface area contributed by atoms with Crippen LogP contribution >= 0.6 is 0 Å². The Morgan fingerprint density at radius 2 is 2.06 bits per heavy atom. The van der Waals surface area contributed by atoms with Crippen LogP contribution in [0.4, 0.5) is 0 Å². The Balaban J connectivity index is 2.33. The van der Waals surface area contributed by atoms with E-state index in [9.17, 15) is 4.79 Å². The summed E-state index contributed by atoms with van der Waals surface area (Å²) in [7, 11) is 0. The van der Waals surface area contributed by atoms with Gasteiger partial charge < -0.3 is 5.73 Å². The Labute approximate surface area is 97.9 Å². The lowest BCUT2D eigenvalue weighted by atomic mass is 9.95. The first kappa shape index (κ1) is 13.5. The smallest absolute Gasteiger partial charge is 0.248 e. The zero-order valence-electron chi connectivity index (χ0n) is 10.4. The number of hydroxylamine groups is 1. The first-order valence-corrected chi connectivity index (χ1v) is 6.28. The second kappa shape index (κ2) is 6.86. The third kappa shape index (κ3) is 4.49. The lowest BCUT2D eigenvalue weighted by Crippen LogP contribution is -2.41. The summed E-state index contributed by atoms with van der Waals surface area (Å²) in [6, 6.07) is -0.00912. The average Bonchev–Trinajstić information content (AvgIpc) is 2.42. The molecule has 1 rings (SSSR count). The van der Waals surface area contributed by atoms with Crippen molar-refractivity contribution in [2.75, 3.05) is 6.61 Å². The van der Waals surface area contributed by atoms with Crippen LogP contribution in [0.15, 0.2) is 0 Å². The van der Waals surface area contributed by atoms with E-state index in [1.54, 1.807) is 0 Å². The summed E-state index contributed by atoms with van der Waals surface area (Å²) < 4.78 is 0. The number of nitrogens with one attached hydrogen (secondary N) is 1. The van der Waals surface area contributed by atoms with Crippen LogP contribution in [0.1, 0.15) is 46.0 Å². The highest BCUT2D eigenvalue weighted by atomic mass is 16.6. The molecule has 1 aliphatic carbocycles. The number of amides is 1. The molecular formula is C12H24N2O2. The van der Waals surface area contributed by atoms with E-state index in [-0.39, 0.29) is 17.9 Å². The minimum Gasteiger partial charge on any atom is -0.327 e. The molecule has 0 radical (unpaired) electrons. The van der Waals surface area contributed by atoms with E-state index in [2.05, 4.69) is 5.48 Å². The molecule has 1 aliphatic rings. The maximum atomic E-state index is 11.8. The standard InChI is InChI=1S/C12H24N2O2/c1-9(2)8-16-14-12(15)10-6-4-3-5-7-11(10)13/h9-11H,3-8,13H2,1-2H3,(H,14,15). The molecular weight excluding hydrogens is 204 g/mol. The molecule has 1 amide bonds. The Bertz CT molecular complexity index is 219. The molecule has 1 saturated carbocycles. The molecule has 4 heteroatoms. The number of carbonyl (C=O) groups excluding carboxylic acids is 1. The molecule has 94 valence electrons. The molecule has 0 aliphatic heterocycles. The Morgan fingerprint density at radius 1 is 1.38 bits per heavy atom. The monoisotopic (exact) mass is 228 g/mol. The van der Waals surface area contributed by atoms with Crippen molar-refractivity contribution in [3.63, 3.8) is 0 Å². The predicted octanol–water partition coefficient (Wildman–Crippen LogP) is 1.60. The summed E-state index contributed by atoms with van der Waals surface area (Å²) in [5.41, 5.74) is 8.52. The zero-order valence-corrected chi connectivity index (χ0v) is 10.4. The normalized spacial score (nSPS) is 26.5. The van der Waals surface area contributed by atoms with E-state index in [0.717, 1.165) is 25.7 Å². The van der Waals surface area contributed by atoms with Gasteiger partial charge in [0.05, 0.1) is 12.5 Å². The molecule has 16 heavy (non-hydrogen) atoms. The summed E-state index contributed by atoms with van der Waals surface area (Å²) >= 11 is 0. The Morgan fingerprint density at radius 3 is 2.75 bits per heavy atom. The highest BCUT2D eigenvalue weighted by Gasteiger charge is 2.27. The maximum Gasteiger partial charge on any atom is 0.248 e. The topological polar surface area (TPSA) is 64.3 Å². The number of nitrogens with two attached hydrogens (primary N) is 1. The van der Waals surface area contributed by atoms with Crippen molar-refractivity contribution in [3.8, 4) is 0 Å². The van der Waals surface area contributed by atoms with Gasteiger partial charge in [0.1, 0.15) is 0 Å². The first-order chi connectivity index (χ1) is 7.61. The molecule has 1 fully saturated rings. The van der Waals surface area contributed by atoms with Crippen LogP contribution in [-0.2, 0) is 9.63 Å². The molecule has 0 saturated heterocycles. The van der Waals surface area contributed by atoms with Gasteiger partial charge in [0.25, 0.3) is 0 Å². The second-order valence-corrected chi connectivity index (χ2v) is 5.08. The van der Waals surface area contributed by atoms with Crippen LogP contribution in [0, 0.1) is 11.8 Å². The third-order valence-electron chi connectivity index (χ3n) is 3.00. The number of carbonyl (C=O) groups is 1. The van der Waals surface area contributed by atoms with Crippen LogP contribution in [-0.4, -0.2) is 18.6 Å². The molecule has 2 atom stereocenters. The maximum absolute atomic E-state index is 11.8. The largest absolute Gasteiger partial charge is 0.327 e. The van der Waals surface area contributed by atoms with Crippen LogP contribution in [0.2, 0.25) is 0 Å². The van der Waals surface area contributed by atoms with E-state index < -0.39 is 0 Å². The average molecular weight is 228 g/mol. The van der Waals surface area contributed by atoms with E-state index in [4.69, 9.17) is 10.6 Å². The fourth-order valence-corrected chi connectivity index (χ4v) is 2.02. The van der Waals surface area contributed by atoms with Crippen molar-refractivity contribution in [1.82, 2.24) is 5.48 Å². The van der Waals surface area contributed by atoms with Gasteiger partial charge in [-0.05, 0) is 18.8 Å². The quantitative estimate of drug-likeness (QED) is 0.567. The lowest BCUT2D eigenvalue weighted by molar-refractivity contribution is -0.139. The lowest BCUT2D eigenvalue weighted by Gasteiger charge is -2.20. The van der Waals surface area contributed by atoms with Crippen molar-refractivity contribution < 1.29 is 9.63 Å². The molecule has 4 nitrogen and oxygen atoms in total. The van der Waals surface area contributed by atoms with Crippen LogP contribution in [0.3, 0.4) is 0 Å². The van der Waals surface area contributed by atoms with Gasteiger partial charge in [-0.3, -0.25) is 9.63 Å². The number of hydrogen-bond acceptors (Lipinski definition) is 3. The van der Waals surface area contributed by atoms with Gasteiger partial charge in [-0.2, -0.15) is 0 Å². The fraction of sp³-hybridized carbons (Fsp3) is 0.917. The Hall–Kier alpha value is -0.610. The van der Waals surface area contributed by atoms with Gasteiger partial charge in [-0.25, -0.2) is 5.48 Å². The van der Waals surface area contributed by atoms with Crippen LogP contribution in [0.5, 0.6) is 0 Å². The molecule has 0 heterocycles. The van der Waals surface area contributed by atoms with Gasteiger partial charge in [0.15, 0.2) is 0 Å². The SMILES string of the molecule is CC(C)CONC(=O)C1CCCCCC1N. The van der Waals surface area contributed by atoms with Gasteiger partial charge in [0.2, 0.25) is 5.91 Å². The van der Waals surface area contributed by atoms with Gasteiger partial charge in [-0.15, -0.1) is 0 Å². The molecule has 0 spiro atoms. The zero-order chi connectivity index (χ0) is 12.0. The predicted molar refractivity (Wildman–Crippen MR) is 63.5 cm³/mol. The second-order valence-electron chi connectivity index (χ2n) is 5.08. The molecule has 0 bridgehead atoms. The van der Waals surface area contributed by atoms with Crippen molar-refractivity contribution >= 4 is 5.91 Å². The molecule has 3 N–H and O–H groups in total. The van der Waals surface area contributed by atoms with Gasteiger partial charge in [-0.1, -0.05) is 33.1 Å².